The number of aromatic nitrogens is 1. The molecule has 100 valence electrons. The number of urea groups is 1. The standard InChI is InChI=1S/C12H19N3O3/c1-8(9-3-4-9)6-13-12(16)14-7-10-5-11(17-2)15-18-10/h5,8-9H,3-4,6-7H2,1-2H3,(H2,13,14,16). The number of amides is 2. The molecule has 1 fully saturated rings. The van der Waals surface area contributed by atoms with Gasteiger partial charge in [0, 0.05) is 12.6 Å². The molecule has 0 saturated heterocycles. The molecule has 1 saturated carbocycles. The van der Waals surface area contributed by atoms with Crippen LogP contribution in [0.3, 0.4) is 0 Å². The van der Waals surface area contributed by atoms with E-state index in [0.717, 1.165) is 12.5 Å². The number of nitrogens with zero attached hydrogens (tertiary/aromatic N) is 1. The Bertz CT molecular complexity index is 401. The highest BCUT2D eigenvalue weighted by molar-refractivity contribution is 5.73. The predicted molar refractivity (Wildman–Crippen MR) is 65.2 cm³/mol. The molecule has 2 amide bonds. The van der Waals surface area contributed by atoms with Crippen molar-refractivity contribution in [3.63, 3.8) is 0 Å². The first-order valence-corrected chi connectivity index (χ1v) is 6.20. The summed E-state index contributed by atoms with van der Waals surface area (Å²) in [6, 6.07) is 1.46. The van der Waals surface area contributed by atoms with Crippen molar-refractivity contribution in [3.8, 4) is 5.88 Å². The van der Waals surface area contributed by atoms with E-state index >= 15 is 0 Å². The molecule has 0 radical (unpaired) electrons. The molecule has 1 heterocycles. The molecule has 1 aliphatic rings. The van der Waals surface area contributed by atoms with Crippen LogP contribution in [0.25, 0.3) is 0 Å². The van der Waals surface area contributed by atoms with Crippen LogP contribution in [0.15, 0.2) is 10.6 Å². The van der Waals surface area contributed by atoms with Crippen LogP contribution in [-0.4, -0.2) is 24.8 Å². The lowest BCUT2D eigenvalue weighted by molar-refractivity contribution is 0.236. The van der Waals surface area contributed by atoms with Crippen molar-refractivity contribution in [3.05, 3.63) is 11.8 Å². The summed E-state index contributed by atoms with van der Waals surface area (Å²) >= 11 is 0. The molecule has 0 bridgehead atoms. The van der Waals surface area contributed by atoms with Crippen molar-refractivity contribution in [2.75, 3.05) is 13.7 Å². The molecule has 1 unspecified atom stereocenters. The van der Waals surface area contributed by atoms with Crippen molar-refractivity contribution in [1.82, 2.24) is 15.8 Å². The molecule has 1 aromatic heterocycles. The number of nitrogens with one attached hydrogen (secondary N) is 2. The second kappa shape index (κ2) is 5.75. The average Bonchev–Trinajstić information content (AvgIpc) is 3.13. The smallest absolute Gasteiger partial charge is 0.315 e. The van der Waals surface area contributed by atoms with E-state index in [1.807, 2.05) is 0 Å². The van der Waals surface area contributed by atoms with Crippen LogP contribution in [0, 0.1) is 11.8 Å². The second-order valence-electron chi connectivity index (χ2n) is 4.71. The first-order valence-electron chi connectivity index (χ1n) is 6.20. The third kappa shape index (κ3) is 3.65. The third-order valence-electron chi connectivity index (χ3n) is 3.18. The Morgan fingerprint density at radius 3 is 3.00 bits per heavy atom. The van der Waals surface area contributed by atoms with Gasteiger partial charge in [0.05, 0.1) is 13.7 Å². The number of methoxy groups -OCH3 is 1. The molecule has 1 aromatic rings. The number of hydrogen-bond donors (Lipinski definition) is 2. The molecule has 18 heavy (non-hydrogen) atoms. The van der Waals surface area contributed by atoms with Crippen molar-refractivity contribution in [2.24, 2.45) is 11.8 Å². The molecular formula is C12H19N3O3. The maximum atomic E-state index is 11.5. The van der Waals surface area contributed by atoms with Crippen LogP contribution in [-0.2, 0) is 6.54 Å². The first kappa shape index (κ1) is 12.7. The topological polar surface area (TPSA) is 76.4 Å². The number of carbonyl (C=O) groups is 1. The van der Waals surface area contributed by atoms with Gasteiger partial charge in [0.1, 0.15) is 0 Å². The number of carbonyl (C=O) groups excluding carboxylic acids is 1. The fraction of sp³-hybridized carbons (Fsp3) is 0.667. The largest absolute Gasteiger partial charge is 0.479 e. The first-order chi connectivity index (χ1) is 8.69. The molecule has 2 rings (SSSR count). The van der Waals surface area contributed by atoms with E-state index in [4.69, 9.17) is 9.26 Å². The zero-order valence-electron chi connectivity index (χ0n) is 10.7. The van der Waals surface area contributed by atoms with Gasteiger partial charge < -0.3 is 19.9 Å². The van der Waals surface area contributed by atoms with Crippen LogP contribution in [0.4, 0.5) is 4.79 Å². The van der Waals surface area contributed by atoms with E-state index in [9.17, 15) is 4.79 Å². The molecule has 0 aromatic carbocycles. The third-order valence-corrected chi connectivity index (χ3v) is 3.18. The van der Waals surface area contributed by atoms with Crippen LogP contribution in [0.2, 0.25) is 0 Å². The van der Waals surface area contributed by atoms with E-state index in [1.165, 1.54) is 20.0 Å². The summed E-state index contributed by atoms with van der Waals surface area (Å²) in [5.74, 6) is 2.33. The van der Waals surface area contributed by atoms with Crippen LogP contribution in [0.5, 0.6) is 5.88 Å². The van der Waals surface area contributed by atoms with Gasteiger partial charge in [-0.15, -0.1) is 0 Å². The highest BCUT2D eigenvalue weighted by Gasteiger charge is 2.27. The summed E-state index contributed by atoms with van der Waals surface area (Å²) in [6.45, 7) is 3.19. The Morgan fingerprint density at radius 2 is 2.39 bits per heavy atom. The summed E-state index contributed by atoms with van der Waals surface area (Å²) in [4.78, 5) is 11.5. The molecule has 0 spiro atoms. The molecule has 6 heteroatoms. The molecule has 1 aliphatic carbocycles. The quantitative estimate of drug-likeness (QED) is 0.806. The van der Waals surface area contributed by atoms with Crippen LogP contribution in [0.1, 0.15) is 25.5 Å². The van der Waals surface area contributed by atoms with Crippen LogP contribution >= 0.6 is 0 Å². The van der Waals surface area contributed by atoms with Gasteiger partial charge in [0.2, 0.25) is 0 Å². The van der Waals surface area contributed by atoms with Gasteiger partial charge in [-0.05, 0) is 29.8 Å². The zero-order valence-corrected chi connectivity index (χ0v) is 10.7. The van der Waals surface area contributed by atoms with E-state index in [1.54, 1.807) is 6.07 Å². The number of rotatable bonds is 6. The molecule has 2 N–H and O–H groups in total. The van der Waals surface area contributed by atoms with Crippen molar-refractivity contribution in [2.45, 2.75) is 26.3 Å². The predicted octanol–water partition coefficient (Wildman–Crippen LogP) is 1.53. The lowest BCUT2D eigenvalue weighted by atomic mass is 10.1. The van der Waals surface area contributed by atoms with Gasteiger partial charge in [-0.2, -0.15) is 0 Å². The molecule has 6 nitrogen and oxygen atoms in total. The minimum atomic E-state index is -0.183. The highest BCUT2D eigenvalue weighted by atomic mass is 16.5. The van der Waals surface area contributed by atoms with Crippen molar-refractivity contribution < 1.29 is 14.1 Å². The summed E-state index contributed by atoms with van der Waals surface area (Å²) in [5.41, 5.74) is 0. The Balaban J connectivity index is 1.64. The summed E-state index contributed by atoms with van der Waals surface area (Å²) in [7, 11) is 1.51. The zero-order chi connectivity index (χ0) is 13.0. The number of hydrogen-bond acceptors (Lipinski definition) is 4. The maximum absolute atomic E-state index is 11.5. The lowest BCUT2D eigenvalue weighted by Crippen LogP contribution is -2.37. The van der Waals surface area contributed by atoms with E-state index in [0.29, 0.717) is 24.1 Å². The fourth-order valence-corrected chi connectivity index (χ4v) is 1.79. The van der Waals surface area contributed by atoms with Gasteiger partial charge in [-0.25, -0.2) is 4.79 Å². The Kier molecular flexibility index (Phi) is 4.07. The fourth-order valence-electron chi connectivity index (χ4n) is 1.79. The Labute approximate surface area is 106 Å². The monoisotopic (exact) mass is 253 g/mol. The average molecular weight is 253 g/mol. The second-order valence-corrected chi connectivity index (χ2v) is 4.71. The Morgan fingerprint density at radius 1 is 1.61 bits per heavy atom. The van der Waals surface area contributed by atoms with E-state index in [2.05, 4.69) is 22.7 Å². The Hall–Kier alpha value is -1.72. The minimum Gasteiger partial charge on any atom is -0.479 e. The van der Waals surface area contributed by atoms with E-state index < -0.39 is 0 Å². The van der Waals surface area contributed by atoms with Gasteiger partial charge in [0.25, 0.3) is 5.88 Å². The SMILES string of the molecule is COc1cc(CNC(=O)NCC(C)C2CC2)on1. The molecule has 0 aliphatic heterocycles. The minimum absolute atomic E-state index is 0.183. The molecule has 1 atom stereocenters. The maximum Gasteiger partial charge on any atom is 0.315 e. The van der Waals surface area contributed by atoms with Gasteiger partial charge in [-0.1, -0.05) is 6.92 Å². The number of ether oxygens (including phenoxy) is 1. The van der Waals surface area contributed by atoms with Crippen LogP contribution < -0.4 is 15.4 Å². The molecular weight excluding hydrogens is 234 g/mol. The highest BCUT2D eigenvalue weighted by Crippen LogP contribution is 2.35. The summed E-state index contributed by atoms with van der Waals surface area (Å²) < 4.78 is 9.84. The summed E-state index contributed by atoms with van der Waals surface area (Å²) in [6.07, 6.45) is 2.59. The van der Waals surface area contributed by atoms with Gasteiger partial charge in [-0.3, -0.25) is 0 Å². The van der Waals surface area contributed by atoms with Gasteiger partial charge >= 0.3 is 6.03 Å². The van der Waals surface area contributed by atoms with Crippen molar-refractivity contribution >= 4 is 6.03 Å². The van der Waals surface area contributed by atoms with E-state index in [-0.39, 0.29) is 6.03 Å². The summed E-state index contributed by atoms with van der Waals surface area (Å²) in [5, 5.41) is 9.21. The van der Waals surface area contributed by atoms with Crippen molar-refractivity contribution in [1.29, 1.82) is 0 Å². The lowest BCUT2D eigenvalue weighted by Gasteiger charge is -2.11. The normalized spacial score (nSPS) is 16.1. The van der Waals surface area contributed by atoms with Gasteiger partial charge in [0.15, 0.2) is 5.76 Å².